The smallest absolute Gasteiger partial charge is 0.456 e. The second-order valence-electron chi connectivity index (χ2n) is 8.75. The average molecular weight is 605 g/mol. The molecule has 0 saturated carbocycles. The molecular weight excluding hydrogens is 583 g/mol. The summed E-state index contributed by atoms with van der Waals surface area (Å²) in [5, 5.41) is 2.15. The summed E-state index contributed by atoms with van der Waals surface area (Å²) in [7, 11) is -9.85. The van der Waals surface area contributed by atoms with Crippen LogP contribution in [0.15, 0.2) is 94.2 Å². The number of nitrogens with zero attached hydrogens (tertiary/aromatic N) is 2. The molecule has 14 heteroatoms. The molecule has 0 atom stereocenters. The third-order valence-corrected chi connectivity index (χ3v) is 7.02. The molecule has 0 bridgehead atoms. The standard InChI is InChI=1S/C27H21ClN4O3S.BF4/c1-17-14-18(2)30-27(29-17)32-36(33,34)22-11-9-21(10-12-22)31-24-16-26(19-6-4-3-5-7-19)35-25-13-8-20(28)15-23(24)25;2-1(3,4)5/h3-16H,1-2H3,(H,29,30,32);/q;-1/p+1. The molecule has 0 fully saturated rings. The van der Waals surface area contributed by atoms with Crippen LogP contribution in [0.3, 0.4) is 0 Å². The second kappa shape index (κ2) is 12.1. The number of fused-ring (bicyclic) bond motifs is 1. The lowest BCUT2D eigenvalue weighted by atomic mass is 10.1. The molecule has 0 saturated heterocycles. The summed E-state index contributed by atoms with van der Waals surface area (Å²) in [6.07, 6.45) is 0. The summed E-state index contributed by atoms with van der Waals surface area (Å²) >= 11 is 6.25. The van der Waals surface area contributed by atoms with Gasteiger partial charge in [-0.05, 0) is 50.2 Å². The largest absolute Gasteiger partial charge is 0.673 e. The van der Waals surface area contributed by atoms with E-state index in [1.807, 2.05) is 48.5 Å². The Morgan fingerprint density at radius 2 is 1.46 bits per heavy atom. The predicted molar refractivity (Wildman–Crippen MR) is 149 cm³/mol. The van der Waals surface area contributed by atoms with Crippen molar-refractivity contribution in [3.8, 4) is 11.3 Å². The van der Waals surface area contributed by atoms with Gasteiger partial charge in [-0.1, -0.05) is 41.9 Å². The van der Waals surface area contributed by atoms with Crippen LogP contribution in [-0.2, 0) is 10.0 Å². The molecule has 212 valence electrons. The predicted octanol–water partition coefficient (Wildman–Crippen LogP) is 5.57. The normalized spacial score (nSPS) is 12.1. The first-order valence-electron chi connectivity index (χ1n) is 12.0. The van der Waals surface area contributed by atoms with Gasteiger partial charge in [-0.25, -0.2) is 28.1 Å². The van der Waals surface area contributed by atoms with E-state index < -0.39 is 17.3 Å². The molecule has 0 amide bonds. The highest BCUT2D eigenvalue weighted by Crippen LogP contribution is 2.23. The Hall–Kier alpha value is -4.23. The van der Waals surface area contributed by atoms with Crippen LogP contribution >= 0.6 is 11.6 Å². The van der Waals surface area contributed by atoms with Crippen LogP contribution < -0.4 is 15.1 Å². The third-order valence-electron chi connectivity index (χ3n) is 5.44. The van der Waals surface area contributed by atoms with Crippen molar-refractivity contribution in [2.45, 2.75) is 18.7 Å². The van der Waals surface area contributed by atoms with Crippen LogP contribution in [0.1, 0.15) is 11.4 Å². The Balaban J connectivity index is 0.000000714. The Morgan fingerprint density at radius 1 is 0.854 bits per heavy atom. The maximum Gasteiger partial charge on any atom is 0.673 e. The number of hydrogen-bond acceptors (Lipinski definition) is 5. The minimum absolute atomic E-state index is 0.0412. The average Bonchev–Trinajstić information content (AvgIpc) is 2.88. The molecule has 41 heavy (non-hydrogen) atoms. The lowest BCUT2D eigenvalue weighted by Crippen LogP contribution is -2.70. The van der Waals surface area contributed by atoms with E-state index in [1.54, 1.807) is 38.1 Å². The molecule has 0 spiro atoms. The number of anilines is 1. The molecule has 5 aromatic rings. The van der Waals surface area contributed by atoms with Crippen molar-refractivity contribution in [3.63, 3.8) is 0 Å². The van der Waals surface area contributed by atoms with Gasteiger partial charge in [0.1, 0.15) is 11.3 Å². The van der Waals surface area contributed by atoms with Crippen LogP contribution in [-0.4, -0.2) is 25.6 Å². The van der Waals surface area contributed by atoms with Crippen molar-refractivity contribution in [1.29, 1.82) is 0 Å². The van der Waals surface area contributed by atoms with Crippen molar-refractivity contribution >= 4 is 51.5 Å². The number of hydrogen-bond donors (Lipinski definition) is 2. The monoisotopic (exact) mass is 604 g/mol. The Morgan fingerprint density at radius 3 is 2.07 bits per heavy atom. The zero-order valence-corrected chi connectivity index (χ0v) is 23.1. The fourth-order valence-corrected chi connectivity index (χ4v) is 4.95. The fraction of sp³-hybridized carbons (Fsp3) is 0.0741. The highest BCUT2D eigenvalue weighted by molar-refractivity contribution is 7.92. The fourth-order valence-electron chi connectivity index (χ4n) is 3.83. The maximum absolute atomic E-state index is 12.9. The molecular formula is C27H22BClF4N4O3S. The first kappa shape index (κ1) is 29.8. The summed E-state index contributed by atoms with van der Waals surface area (Å²) in [6.45, 7) is 3.56. The van der Waals surface area contributed by atoms with Crippen LogP contribution in [0.2, 0.25) is 5.02 Å². The van der Waals surface area contributed by atoms with Crippen LogP contribution in [0.25, 0.3) is 22.3 Å². The highest BCUT2D eigenvalue weighted by atomic mass is 35.5. The molecule has 2 aromatic heterocycles. The maximum atomic E-state index is 12.9. The van der Waals surface area contributed by atoms with E-state index in [-0.39, 0.29) is 10.8 Å². The van der Waals surface area contributed by atoms with Crippen molar-refractivity contribution in [2.75, 3.05) is 4.72 Å². The molecule has 3 aromatic carbocycles. The molecule has 0 radical (unpaired) electrons. The van der Waals surface area contributed by atoms with Crippen LogP contribution in [0.5, 0.6) is 0 Å². The van der Waals surface area contributed by atoms with Gasteiger partial charge in [-0.3, -0.25) is 0 Å². The van der Waals surface area contributed by atoms with Gasteiger partial charge in [0.15, 0.2) is 0 Å². The highest BCUT2D eigenvalue weighted by Gasteiger charge is 2.20. The molecule has 2 N–H and O–H groups in total. The van der Waals surface area contributed by atoms with Gasteiger partial charge < -0.3 is 21.7 Å². The van der Waals surface area contributed by atoms with Crippen molar-refractivity contribution in [2.24, 2.45) is 0 Å². The summed E-state index contributed by atoms with van der Waals surface area (Å²) in [5.41, 5.74) is 3.65. The number of benzene rings is 3. The van der Waals surface area contributed by atoms with Crippen molar-refractivity contribution in [3.05, 3.63) is 107 Å². The van der Waals surface area contributed by atoms with E-state index in [0.29, 0.717) is 33.4 Å². The lowest BCUT2D eigenvalue weighted by Gasteiger charge is -2.07. The van der Waals surface area contributed by atoms with Crippen molar-refractivity contribution < 1.29 is 35.1 Å². The first-order chi connectivity index (χ1) is 19.3. The molecule has 5 rings (SSSR count). The topological polar surface area (TPSA) is 99.1 Å². The van der Waals surface area contributed by atoms with Gasteiger partial charge in [0, 0.05) is 34.1 Å². The third kappa shape index (κ3) is 8.38. The summed E-state index contributed by atoms with van der Waals surface area (Å²) in [6, 6.07) is 25.3. The Bertz CT molecular complexity index is 1840. The van der Waals surface area contributed by atoms with E-state index >= 15 is 0 Å². The summed E-state index contributed by atoms with van der Waals surface area (Å²) < 4.78 is 73.3. The first-order valence-corrected chi connectivity index (χ1v) is 13.8. The zero-order valence-electron chi connectivity index (χ0n) is 21.6. The quantitative estimate of drug-likeness (QED) is 0.202. The molecule has 0 unspecified atom stereocenters. The van der Waals surface area contributed by atoms with Gasteiger partial charge in [-0.2, -0.15) is 0 Å². The van der Waals surface area contributed by atoms with Gasteiger partial charge >= 0.3 is 7.25 Å². The molecule has 0 aliphatic rings. The molecule has 2 heterocycles. The number of halogens is 5. The minimum Gasteiger partial charge on any atom is -0.456 e. The SMILES string of the molecule is Cc1cc(C)nc(NS(=O)(=O)c2ccc([NH+]=c3cc(-c4ccccc4)oc4ccc(Cl)cc34)cc2)n1.F[B-](F)(F)F. The lowest BCUT2D eigenvalue weighted by molar-refractivity contribution is -0.400. The van der Waals surface area contributed by atoms with Gasteiger partial charge in [0.05, 0.1) is 16.3 Å². The number of sulfonamides is 1. The van der Waals surface area contributed by atoms with E-state index in [1.165, 1.54) is 12.1 Å². The zero-order chi connectivity index (χ0) is 29.8. The summed E-state index contributed by atoms with van der Waals surface area (Å²) in [4.78, 5) is 11.8. The van der Waals surface area contributed by atoms with Crippen LogP contribution in [0.4, 0.5) is 28.9 Å². The Kier molecular flexibility index (Phi) is 8.79. The number of aryl methyl sites for hydroxylation is 2. The molecule has 7 nitrogen and oxygen atoms in total. The summed E-state index contributed by atoms with van der Waals surface area (Å²) in [5.74, 6) is 0.726. The van der Waals surface area contributed by atoms with Gasteiger partial charge in [0.2, 0.25) is 17.0 Å². The van der Waals surface area contributed by atoms with E-state index in [9.17, 15) is 25.7 Å². The van der Waals surface area contributed by atoms with E-state index in [4.69, 9.17) is 16.0 Å². The number of aromatic nitrogens is 2. The van der Waals surface area contributed by atoms with E-state index in [2.05, 4.69) is 19.7 Å². The van der Waals surface area contributed by atoms with Crippen LogP contribution in [0, 0.1) is 13.8 Å². The number of rotatable bonds is 5. The molecule has 0 aliphatic carbocycles. The number of nitrogens with one attached hydrogen (secondary N) is 2. The second-order valence-corrected chi connectivity index (χ2v) is 10.9. The van der Waals surface area contributed by atoms with Gasteiger partial charge in [-0.15, -0.1) is 0 Å². The van der Waals surface area contributed by atoms with Gasteiger partial charge in [0.25, 0.3) is 10.0 Å². The molecule has 0 aliphatic heterocycles. The van der Waals surface area contributed by atoms with E-state index in [0.717, 1.165) is 16.3 Å². The minimum atomic E-state index is -6.00. The van der Waals surface area contributed by atoms with Crippen molar-refractivity contribution in [1.82, 2.24) is 9.97 Å². The Labute approximate surface area is 237 Å².